The van der Waals surface area contributed by atoms with Gasteiger partial charge in [0.05, 0.1) is 6.07 Å². The molecule has 0 aliphatic carbocycles. The lowest BCUT2D eigenvalue weighted by Crippen LogP contribution is -2.42. The molecule has 0 saturated carbocycles. The molecular weight excluding hydrogens is 254 g/mol. The van der Waals surface area contributed by atoms with Crippen molar-refractivity contribution in [2.45, 2.75) is 31.6 Å². The zero-order valence-electron chi connectivity index (χ0n) is 11.1. The number of rotatable bonds is 5. The lowest BCUT2D eigenvalue weighted by molar-refractivity contribution is -0.120. The Balaban J connectivity index is 4.12. The summed E-state index contributed by atoms with van der Waals surface area (Å²) in [6.07, 6.45) is 1.20. The number of alkyl carbamates (subject to hydrolysis) is 1. The van der Waals surface area contributed by atoms with Gasteiger partial charge in [0.15, 0.2) is 0 Å². The zero-order valence-corrected chi connectivity index (χ0v) is 11.9. The van der Waals surface area contributed by atoms with Gasteiger partial charge >= 0.3 is 6.09 Å². The number of nitriles is 1. The summed E-state index contributed by atoms with van der Waals surface area (Å²) in [4.78, 5) is 22.9. The van der Waals surface area contributed by atoms with Gasteiger partial charge in [-0.2, -0.15) is 17.0 Å². The number of nitrogens with zero attached hydrogens (tertiary/aromatic N) is 1. The second-order valence-electron chi connectivity index (χ2n) is 4.48. The molecule has 0 heterocycles. The van der Waals surface area contributed by atoms with Crippen molar-refractivity contribution in [2.24, 2.45) is 0 Å². The molecule has 0 fully saturated rings. The Bertz CT molecular complexity index is 333. The highest BCUT2D eigenvalue weighted by molar-refractivity contribution is 7.99. The predicted octanol–water partition coefficient (Wildman–Crippen LogP) is 0.882. The monoisotopic (exact) mass is 273 g/mol. The first kappa shape index (κ1) is 16.6. The van der Waals surface area contributed by atoms with Crippen LogP contribution in [0.5, 0.6) is 0 Å². The Morgan fingerprint density at radius 3 is 2.44 bits per heavy atom. The third-order valence-electron chi connectivity index (χ3n) is 1.75. The average Bonchev–Trinajstić information content (AvgIpc) is 2.24. The summed E-state index contributed by atoms with van der Waals surface area (Å²) in [6, 6.07) is 1.82. The number of carbonyl (C=O) groups is 2. The third kappa shape index (κ3) is 7.79. The van der Waals surface area contributed by atoms with Crippen molar-refractivity contribution < 1.29 is 14.3 Å². The van der Waals surface area contributed by atoms with Crippen molar-refractivity contribution in [1.82, 2.24) is 10.6 Å². The van der Waals surface area contributed by atoms with Crippen LogP contribution in [0.4, 0.5) is 4.79 Å². The highest BCUT2D eigenvalue weighted by Crippen LogP contribution is 2.08. The Morgan fingerprint density at radius 2 is 2.00 bits per heavy atom. The molecule has 0 radical (unpaired) electrons. The van der Waals surface area contributed by atoms with Crippen molar-refractivity contribution in [3.63, 3.8) is 0 Å². The average molecular weight is 273 g/mol. The summed E-state index contributed by atoms with van der Waals surface area (Å²) in [5.41, 5.74) is -0.567. The summed E-state index contributed by atoms with van der Waals surface area (Å²) in [7, 11) is 0. The van der Waals surface area contributed by atoms with Gasteiger partial charge in [0, 0.05) is 6.54 Å². The molecule has 0 spiro atoms. The Hall–Kier alpha value is -1.42. The van der Waals surface area contributed by atoms with E-state index in [1.54, 1.807) is 27.0 Å². The highest BCUT2D eigenvalue weighted by atomic mass is 32.2. The lowest BCUT2D eigenvalue weighted by atomic mass is 10.2. The van der Waals surface area contributed by atoms with Gasteiger partial charge in [0.1, 0.15) is 17.4 Å². The van der Waals surface area contributed by atoms with Crippen LogP contribution in [0.3, 0.4) is 0 Å². The summed E-state index contributed by atoms with van der Waals surface area (Å²) in [5.74, 6) is -0.278. The fourth-order valence-electron chi connectivity index (χ4n) is 1.01. The Morgan fingerprint density at radius 1 is 1.39 bits per heavy atom. The predicted molar refractivity (Wildman–Crippen MR) is 70.2 cm³/mol. The topological polar surface area (TPSA) is 91.2 Å². The van der Waals surface area contributed by atoms with Crippen LogP contribution in [-0.4, -0.2) is 42.2 Å². The number of nitrogens with one attached hydrogen (secondary N) is 2. The second kappa shape index (κ2) is 7.82. The largest absolute Gasteiger partial charge is 0.444 e. The first-order chi connectivity index (χ1) is 8.30. The summed E-state index contributed by atoms with van der Waals surface area (Å²) in [6.45, 7) is 5.41. The molecule has 0 saturated heterocycles. The quantitative estimate of drug-likeness (QED) is 0.726. The number of ether oxygens (including phenoxy) is 1. The molecule has 0 aromatic rings. The van der Waals surface area contributed by atoms with E-state index < -0.39 is 16.9 Å². The molecule has 6 nitrogen and oxygen atoms in total. The SMILES string of the molecule is CSC(CNC(=O)OC(C)(C)C)C(=O)NCC#N. The molecule has 0 aromatic carbocycles. The summed E-state index contributed by atoms with van der Waals surface area (Å²) >= 11 is 1.30. The van der Waals surface area contributed by atoms with Crippen molar-refractivity contribution in [3.05, 3.63) is 0 Å². The van der Waals surface area contributed by atoms with E-state index in [0.717, 1.165) is 0 Å². The maximum Gasteiger partial charge on any atom is 0.407 e. The molecule has 0 rings (SSSR count). The van der Waals surface area contributed by atoms with Gasteiger partial charge in [0.25, 0.3) is 0 Å². The maximum absolute atomic E-state index is 11.6. The van der Waals surface area contributed by atoms with Crippen molar-refractivity contribution >= 4 is 23.8 Å². The molecule has 2 amide bonds. The van der Waals surface area contributed by atoms with E-state index in [1.807, 2.05) is 6.07 Å². The summed E-state index contributed by atoms with van der Waals surface area (Å²) in [5, 5.41) is 12.9. The fraction of sp³-hybridized carbons (Fsp3) is 0.727. The van der Waals surface area contributed by atoms with Crippen molar-refractivity contribution in [2.75, 3.05) is 19.3 Å². The van der Waals surface area contributed by atoms with Crippen LogP contribution < -0.4 is 10.6 Å². The van der Waals surface area contributed by atoms with E-state index in [9.17, 15) is 9.59 Å². The Kier molecular flexibility index (Phi) is 7.20. The first-order valence-corrected chi connectivity index (χ1v) is 6.73. The standard InChI is InChI=1S/C11H19N3O3S/c1-11(2,3)17-10(16)14-7-8(18-4)9(15)13-6-5-12/h8H,6-7H2,1-4H3,(H,13,15)(H,14,16). The molecule has 0 aromatic heterocycles. The van der Waals surface area contributed by atoms with Gasteiger partial charge in [-0.05, 0) is 27.0 Å². The number of amides is 2. The normalized spacial score (nSPS) is 12.2. The molecule has 1 unspecified atom stereocenters. The van der Waals surface area contributed by atoms with Gasteiger partial charge in [-0.1, -0.05) is 0 Å². The molecule has 2 N–H and O–H groups in total. The van der Waals surface area contributed by atoms with Crippen LogP contribution >= 0.6 is 11.8 Å². The van der Waals surface area contributed by atoms with E-state index >= 15 is 0 Å². The smallest absolute Gasteiger partial charge is 0.407 e. The van der Waals surface area contributed by atoms with Crippen molar-refractivity contribution in [1.29, 1.82) is 5.26 Å². The molecule has 0 aliphatic heterocycles. The first-order valence-electron chi connectivity index (χ1n) is 5.44. The number of thioether (sulfide) groups is 1. The second-order valence-corrected chi connectivity index (χ2v) is 5.52. The van der Waals surface area contributed by atoms with Crippen LogP contribution in [0.15, 0.2) is 0 Å². The Labute approximate surface area is 111 Å². The van der Waals surface area contributed by atoms with E-state index in [-0.39, 0.29) is 19.0 Å². The summed E-state index contributed by atoms with van der Waals surface area (Å²) < 4.78 is 5.05. The minimum atomic E-state index is -0.567. The minimum absolute atomic E-state index is 0.0394. The van der Waals surface area contributed by atoms with Crippen LogP contribution in [-0.2, 0) is 9.53 Å². The molecule has 18 heavy (non-hydrogen) atoms. The van der Waals surface area contributed by atoms with E-state index in [4.69, 9.17) is 10.00 Å². The zero-order chi connectivity index (χ0) is 14.2. The molecular formula is C11H19N3O3S. The molecule has 0 aliphatic rings. The number of carbonyl (C=O) groups excluding carboxylic acids is 2. The van der Waals surface area contributed by atoms with Gasteiger partial charge in [-0.15, -0.1) is 0 Å². The van der Waals surface area contributed by atoms with Crippen LogP contribution in [0.1, 0.15) is 20.8 Å². The molecule has 102 valence electrons. The van der Waals surface area contributed by atoms with Crippen LogP contribution in [0.25, 0.3) is 0 Å². The number of hydrogen-bond acceptors (Lipinski definition) is 5. The fourth-order valence-corrected chi connectivity index (χ4v) is 1.56. The van der Waals surface area contributed by atoms with Gasteiger partial charge in [-0.3, -0.25) is 4.79 Å². The van der Waals surface area contributed by atoms with E-state index in [1.165, 1.54) is 11.8 Å². The van der Waals surface area contributed by atoms with E-state index in [2.05, 4.69) is 10.6 Å². The molecule has 1 atom stereocenters. The minimum Gasteiger partial charge on any atom is -0.444 e. The highest BCUT2D eigenvalue weighted by Gasteiger charge is 2.20. The third-order valence-corrected chi connectivity index (χ3v) is 2.70. The van der Waals surface area contributed by atoms with E-state index in [0.29, 0.717) is 0 Å². The number of hydrogen-bond donors (Lipinski definition) is 2. The van der Waals surface area contributed by atoms with Crippen LogP contribution in [0.2, 0.25) is 0 Å². The molecule has 7 heteroatoms. The van der Waals surface area contributed by atoms with Crippen molar-refractivity contribution in [3.8, 4) is 6.07 Å². The van der Waals surface area contributed by atoms with Gasteiger partial charge < -0.3 is 15.4 Å². The van der Waals surface area contributed by atoms with Crippen LogP contribution in [0, 0.1) is 11.3 Å². The maximum atomic E-state index is 11.6. The van der Waals surface area contributed by atoms with Gasteiger partial charge in [-0.25, -0.2) is 4.79 Å². The van der Waals surface area contributed by atoms with Gasteiger partial charge in [0.2, 0.25) is 5.91 Å². The molecule has 0 bridgehead atoms. The lowest BCUT2D eigenvalue weighted by Gasteiger charge is -2.21.